The molecule has 3 rings (SSSR count). The maximum Gasteiger partial charge on any atom is 0.231 e. The van der Waals surface area contributed by atoms with Gasteiger partial charge in [0.25, 0.3) is 0 Å². The molecule has 6 heteroatoms. The minimum atomic E-state index is -0.835. The number of aliphatic hydroxyl groups is 1. The van der Waals surface area contributed by atoms with E-state index in [2.05, 4.69) is 0 Å². The monoisotopic (exact) mass is 414 g/mol. The van der Waals surface area contributed by atoms with Gasteiger partial charge in [-0.1, -0.05) is 47.5 Å². The van der Waals surface area contributed by atoms with E-state index in [1.54, 1.807) is 24.3 Å². The molecule has 1 unspecified atom stereocenters. The number of carbonyl (C=O) groups is 1. The molecule has 1 amide bonds. The summed E-state index contributed by atoms with van der Waals surface area (Å²) in [6, 6.07) is 14.4. The van der Waals surface area contributed by atoms with Crippen LogP contribution in [0.1, 0.15) is 33.9 Å². The Morgan fingerprint density at radius 3 is 2.43 bits per heavy atom. The van der Waals surface area contributed by atoms with Crippen molar-refractivity contribution in [2.45, 2.75) is 26.4 Å². The van der Waals surface area contributed by atoms with Gasteiger partial charge < -0.3 is 10.8 Å². The third-order valence-corrected chi connectivity index (χ3v) is 5.51. The summed E-state index contributed by atoms with van der Waals surface area (Å²) in [7, 11) is 0. The molecule has 0 radical (unpaired) electrons. The van der Waals surface area contributed by atoms with E-state index in [1.807, 2.05) is 38.1 Å². The zero-order valence-corrected chi connectivity index (χ0v) is 17.1. The maximum absolute atomic E-state index is 12.4. The first kappa shape index (κ1) is 20.3. The van der Waals surface area contributed by atoms with Crippen LogP contribution in [-0.4, -0.2) is 16.0 Å². The number of nitrogens with two attached hydrogens (primary N) is 1. The lowest BCUT2D eigenvalue weighted by atomic mass is 9.89. The molecule has 4 nitrogen and oxygen atoms in total. The Hall–Kier alpha value is -2.40. The summed E-state index contributed by atoms with van der Waals surface area (Å²) >= 11 is 12.7. The van der Waals surface area contributed by atoms with Crippen molar-refractivity contribution in [2.24, 2.45) is 5.73 Å². The molecule has 2 aromatic carbocycles. The Balaban J connectivity index is 2.25. The first-order valence-electron chi connectivity index (χ1n) is 8.75. The second kappa shape index (κ2) is 8.31. The first-order chi connectivity index (χ1) is 13.3. The normalized spacial score (nSPS) is 12.0. The quantitative estimate of drug-likeness (QED) is 0.630. The Kier molecular flexibility index (Phi) is 6.04. The lowest BCUT2D eigenvalue weighted by Crippen LogP contribution is -2.24. The third kappa shape index (κ3) is 3.90. The number of rotatable bonds is 5. The Labute approximate surface area is 173 Å². The molecular weight excluding hydrogens is 395 g/mol. The molecule has 3 N–H and O–H groups in total. The number of pyridine rings is 1. The number of aliphatic hydroxyl groups excluding tert-OH is 1. The Bertz CT molecular complexity index is 1030. The van der Waals surface area contributed by atoms with E-state index in [0.29, 0.717) is 32.6 Å². The molecule has 28 heavy (non-hydrogen) atoms. The third-order valence-electron chi connectivity index (χ3n) is 4.77. The van der Waals surface area contributed by atoms with Crippen LogP contribution in [-0.2, 0) is 11.4 Å². The molecule has 0 aliphatic carbocycles. The highest BCUT2D eigenvalue weighted by molar-refractivity contribution is 6.32. The van der Waals surface area contributed by atoms with E-state index in [9.17, 15) is 9.90 Å². The van der Waals surface area contributed by atoms with Crippen LogP contribution in [0.2, 0.25) is 10.0 Å². The summed E-state index contributed by atoms with van der Waals surface area (Å²) in [4.78, 5) is 17.1. The van der Waals surface area contributed by atoms with Gasteiger partial charge in [0.05, 0.1) is 18.0 Å². The number of amides is 1. The zero-order chi connectivity index (χ0) is 20.4. The van der Waals surface area contributed by atoms with E-state index in [1.165, 1.54) is 0 Å². The molecule has 1 heterocycles. The summed E-state index contributed by atoms with van der Waals surface area (Å²) in [5, 5.41) is 10.8. The fraction of sp³-hybridized carbons (Fsp3) is 0.182. The van der Waals surface area contributed by atoms with Gasteiger partial charge in [-0.05, 0) is 60.4 Å². The van der Waals surface area contributed by atoms with Crippen LogP contribution >= 0.6 is 23.2 Å². The van der Waals surface area contributed by atoms with Crippen molar-refractivity contribution < 1.29 is 9.90 Å². The molecule has 0 fully saturated rings. The molecule has 0 saturated carbocycles. The predicted octanol–water partition coefficient (Wildman–Crippen LogP) is 4.78. The molecule has 3 aromatic rings. The van der Waals surface area contributed by atoms with Gasteiger partial charge in [-0.3, -0.25) is 9.78 Å². The molecule has 0 aliphatic rings. The van der Waals surface area contributed by atoms with Gasteiger partial charge >= 0.3 is 0 Å². The molecule has 144 valence electrons. The minimum Gasteiger partial charge on any atom is -0.392 e. The molecule has 0 bridgehead atoms. The zero-order valence-electron chi connectivity index (χ0n) is 15.5. The number of hydrogen-bond acceptors (Lipinski definition) is 3. The van der Waals surface area contributed by atoms with Crippen LogP contribution in [0.25, 0.3) is 11.3 Å². The standard InChI is InChI=1S/C22H20Cl2N2O2/c1-12-5-3-8-17(24)20(12)21(22(25)28)19-10-14(11-27)9-18(26-19)15-6-4-7-16(23)13(15)2/h3-10,21,27H,11H2,1-2H3,(H2,25,28). The van der Waals surface area contributed by atoms with Gasteiger partial charge in [0.2, 0.25) is 5.91 Å². The largest absolute Gasteiger partial charge is 0.392 e. The van der Waals surface area contributed by atoms with Crippen molar-refractivity contribution in [1.82, 2.24) is 4.98 Å². The fourth-order valence-corrected chi connectivity index (χ4v) is 3.82. The van der Waals surface area contributed by atoms with Crippen molar-refractivity contribution in [3.8, 4) is 11.3 Å². The number of nitrogens with zero attached hydrogens (tertiary/aromatic N) is 1. The van der Waals surface area contributed by atoms with Crippen LogP contribution in [0.3, 0.4) is 0 Å². The summed E-state index contributed by atoms with van der Waals surface area (Å²) in [6.45, 7) is 3.57. The van der Waals surface area contributed by atoms with Crippen molar-refractivity contribution in [3.63, 3.8) is 0 Å². The number of carbonyl (C=O) groups excluding carboxylic acids is 1. The Morgan fingerprint density at radius 2 is 1.79 bits per heavy atom. The lowest BCUT2D eigenvalue weighted by Gasteiger charge is -2.19. The molecule has 0 spiro atoms. The van der Waals surface area contributed by atoms with Gasteiger partial charge in [-0.2, -0.15) is 0 Å². The van der Waals surface area contributed by atoms with E-state index < -0.39 is 11.8 Å². The second-order valence-electron chi connectivity index (χ2n) is 6.66. The fourth-order valence-electron chi connectivity index (χ4n) is 3.32. The van der Waals surface area contributed by atoms with Gasteiger partial charge in [0.15, 0.2) is 0 Å². The predicted molar refractivity (Wildman–Crippen MR) is 113 cm³/mol. The van der Waals surface area contributed by atoms with Crippen LogP contribution < -0.4 is 5.73 Å². The molecular formula is C22H20Cl2N2O2. The van der Waals surface area contributed by atoms with Crippen LogP contribution in [0.5, 0.6) is 0 Å². The first-order valence-corrected chi connectivity index (χ1v) is 9.50. The average molecular weight is 415 g/mol. The smallest absolute Gasteiger partial charge is 0.231 e. The molecule has 1 aromatic heterocycles. The van der Waals surface area contributed by atoms with Gasteiger partial charge in [0.1, 0.15) is 5.92 Å². The van der Waals surface area contributed by atoms with Crippen LogP contribution in [0.4, 0.5) is 0 Å². The number of benzene rings is 2. The summed E-state index contributed by atoms with van der Waals surface area (Å²) in [5.41, 5.74) is 10.6. The number of aromatic nitrogens is 1. The highest BCUT2D eigenvalue weighted by Gasteiger charge is 2.27. The average Bonchev–Trinajstić information content (AvgIpc) is 2.66. The number of primary amides is 1. The Morgan fingerprint density at radius 1 is 1.11 bits per heavy atom. The van der Waals surface area contributed by atoms with Crippen LogP contribution in [0, 0.1) is 13.8 Å². The molecule has 1 atom stereocenters. The molecule has 0 saturated heterocycles. The van der Waals surface area contributed by atoms with Gasteiger partial charge in [0, 0.05) is 15.6 Å². The van der Waals surface area contributed by atoms with Crippen molar-refractivity contribution in [3.05, 3.63) is 86.5 Å². The van der Waals surface area contributed by atoms with Crippen molar-refractivity contribution in [2.75, 3.05) is 0 Å². The summed E-state index contributed by atoms with van der Waals surface area (Å²) < 4.78 is 0. The molecule has 0 aliphatic heterocycles. The second-order valence-corrected chi connectivity index (χ2v) is 7.48. The highest BCUT2D eigenvalue weighted by atomic mass is 35.5. The maximum atomic E-state index is 12.4. The van der Waals surface area contributed by atoms with Gasteiger partial charge in [-0.15, -0.1) is 0 Å². The van der Waals surface area contributed by atoms with E-state index in [4.69, 9.17) is 33.9 Å². The van der Waals surface area contributed by atoms with Crippen molar-refractivity contribution >= 4 is 29.1 Å². The van der Waals surface area contributed by atoms with Crippen LogP contribution in [0.15, 0.2) is 48.5 Å². The van der Waals surface area contributed by atoms with E-state index >= 15 is 0 Å². The number of halogens is 2. The van der Waals surface area contributed by atoms with E-state index in [0.717, 1.165) is 16.7 Å². The number of hydrogen-bond donors (Lipinski definition) is 2. The topological polar surface area (TPSA) is 76.2 Å². The van der Waals surface area contributed by atoms with E-state index in [-0.39, 0.29) is 6.61 Å². The van der Waals surface area contributed by atoms with Crippen molar-refractivity contribution in [1.29, 1.82) is 0 Å². The number of aryl methyl sites for hydroxylation is 1. The minimum absolute atomic E-state index is 0.199. The highest BCUT2D eigenvalue weighted by Crippen LogP contribution is 2.35. The summed E-state index contributed by atoms with van der Waals surface area (Å²) in [5.74, 6) is -1.40. The summed E-state index contributed by atoms with van der Waals surface area (Å²) in [6.07, 6.45) is 0. The van der Waals surface area contributed by atoms with Gasteiger partial charge in [-0.25, -0.2) is 0 Å². The SMILES string of the molecule is Cc1cccc(Cl)c1C(C(N)=O)c1cc(CO)cc(-c2cccc(Cl)c2C)n1. The lowest BCUT2D eigenvalue weighted by molar-refractivity contribution is -0.118.